The summed E-state index contributed by atoms with van der Waals surface area (Å²) in [5.74, 6) is 0.125. The van der Waals surface area contributed by atoms with E-state index in [0.29, 0.717) is 0 Å². The zero-order valence-electron chi connectivity index (χ0n) is 6.09. The molecule has 0 bridgehead atoms. The van der Waals surface area contributed by atoms with Crippen LogP contribution in [0.5, 0.6) is 0 Å². The molecule has 1 aliphatic carbocycles. The van der Waals surface area contributed by atoms with Gasteiger partial charge in [0.2, 0.25) is 0 Å². The first-order valence-electron chi connectivity index (χ1n) is 3.65. The molecule has 0 aromatic heterocycles. The van der Waals surface area contributed by atoms with Crippen LogP contribution in [0.4, 0.5) is 0 Å². The number of rotatable bonds is 0. The predicted molar refractivity (Wildman–Crippen MR) is 35.3 cm³/mol. The smallest absolute Gasteiger partial charge is 0.250 e. The lowest BCUT2D eigenvalue weighted by Gasteiger charge is -2.41. The first-order valence-corrected chi connectivity index (χ1v) is 3.65. The Kier molecular flexibility index (Phi) is 1.06. The molecule has 1 saturated carbocycles. The Balaban J connectivity index is 2.17. The van der Waals surface area contributed by atoms with Gasteiger partial charge in [-0.15, -0.1) is 0 Å². The number of nitrogens with zero attached hydrogens (tertiary/aromatic N) is 1. The highest BCUT2D eigenvalue weighted by Crippen LogP contribution is 2.40. The molecule has 3 heteroatoms. The van der Waals surface area contributed by atoms with Crippen molar-refractivity contribution in [2.75, 3.05) is 13.7 Å². The summed E-state index contributed by atoms with van der Waals surface area (Å²) in [6, 6.07) is 0. The number of carbonyl (C=O) groups excluding carboxylic acids is 1. The van der Waals surface area contributed by atoms with Crippen molar-refractivity contribution >= 4 is 5.91 Å². The number of likely N-dealkylation sites (N-methyl/N-ethyl adjacent to an activating group) is 1. The van der Waals surface area contributed by atoms with Crippen LogP contribution in [0.3, 0.4) is 0 Å². The Bertz CT molecular complexity index is 174. The molecule has 0 unspecified atom stereocenters. The predicted octanol–water partition coefficient (Wildman–Crippen LogP) is 0.355. The van der Waals surface area contributed by atoms with Crippen molar-refractivity contribution in [2.24, 2.45) is 0 Å². The number of ether oxygens (including phenoxy) is 1. The van der Waals surface area contributed by atoms with Crippen molar-refractivity contribution in [2.45, 2.75) is 25.0 Å². The SMILES string of the molecule is CN1C(=O)COC12CCC2. The van der Waals surface area contributed by atoms with Gasteiger partial charge >= 0.3 is 0 Å². The summed E-state index contributed by atoms with van der Waals surface area (Å²) in [6.45, 7) is 0.288. The number of hydrogen-bond acceptors (Lipinski definition) is 2. The third kappa shape index (κ3) is 0.560. The lowest BCUT2D eigenvalue weighted by molar-refractivity contribution is -0.144. The van der Waals surface area contributed by atoms with Gasteiger partial charge in [0.15, 0.2) is 0 Å². The number of amides is 1. The van der Waals surface area contributed by atoms with Crippen LogP contribution in [-0.4, -0.2) is 30.2 Å². The molecule has 0 aromatic carbocycles. The molecule has 2 rings (SSSR count). The Hall–Kier alpha value is -0.570. The van der Waals surface area contributed by atoms with Crippen LogP contribution in [0.25, 0.3) is 0 Å². The Morgan fingerprint density at radius 1 is 1.60 bits per heavy atom. The molecule has 0 atom stereocenters. The summed E-state index contributed by atoms with van der Waals surface area (Å²) < 4.78 is 5.38. The van der Waals surface area contributed by atoms with E-state index in [9.17, 15) is 4.79 Å². The molecule has 2 fully saturated rings. The summed E-state index contributed by atoms with van der Waals surface area (Å²) in [6.07, 6.45) is 3.24. The minimum Gasteiger partial charge on any atom is -0.346 e. The molecule has 0 N–H and O–H groups in total. The second-order valence-electron chi connectivity index (χ2n) is 3.04. The van der Waals surface area contributed by atoms with E-state index in [2.05, 4.69) is 0 Å². The van der Waals surface area contributed by atoms with Crippen molar-refractivity contribution in [3.8, 4) is 0 Å². The molecule has 3 nitrogen and oxygen atoms in total. The third-order valence-corrected chi connectivity index (χ3v) is 2.58. The molecule has 1 saturated heterocycles. The highest BCUT2D eigenvalue weighted by molar-refractivity contribution is 5.79. The van der Waals surface area contributed by atoms with Gasteiger partial charge in [0.1, 0.15) is 12.3 Å². The molecular weight excluding hydrogens is 130 g/mol. The first kappa shape index (κ1) is 6.16. The standard InChI is InChI=1S/C7H11NO2/c1-8-6(9)5-10-7(8)3-2-4-7/h2-5H2,1H3. The van der Waals surface area contributed by atoms with E-state index in [0.717, 1.165) is 12.8 Å². The van der Waals surface area contributed by atoms with Crippen LogP contribution < -0.4 is 0 Å². The quantitative estimate of drug-likeness (QED) is 0.487. The van der Waals surface area contributed by atoms with E-state index in [1.54, 1.807) is 4.90 Å². The van der Waals surface area contributed by atoms with Crippen LogP contribution in [0.1, 0.15) is 19.3 Å². The maximum Gasteiger partial charge on any atom is 0.250 e. The maximum absolute atomic E-state index is 11.0. The molecule has 2 aliphatic rings. The van der Waals surface area contributed by atoms with E-state index in [1.165, 1.54) is 6.42 Å². The average Bonchev–Trinajstić information content (AvgIpc) is 2.10. The van der Waals surface area contributed by atoms with Crippen molar-refractivity contribution < 1.29 is 9.53 Å². The van der Waals surface area contributed by atoms with Crippen LogP contribution in [-0.2, 0) is 9.53 Å². The Labute approximate surface area is 60.0 Å². The third-order valence-electron chi connectivity index (χ3n) is 2.58. The van der Waals surface area contributed by atoms with Crippen molar-refractivity contribution in [1.29, 1.82) is 0 Å². The largest absolute Gasteiger partial charge is 0.346 e. The van der Waals surface area contributed by atoms with E-state index in [-0.39, 0.29) is 18.2 Å². The van der Waals surface area contributed by atoms with Crippen molar-refractivity contribution in [1.82, 2.24) is 4.90 Å². The molecule has 0 aromatic rings. The fraction of sp³-hybridized carbons (Fsp3) is 0.857. The normalized spacial score (nSPS) is 29.3. The molecule has 10 heavy (non-hydrogen) atoms. The van der Waals surface area contributed by atoms with Gasteiger partial charge in [0, 0.05) is 7.05 Å². The van der Waals surface area contributed by atoms with Crippen LogP contribution in [0.2, 0.25) is 0 Å². The van der Waals surface area contributed by atoms with Crippen molar-refractivity contribution in [3.05, 3.63) is 0 Å². The second kappa shape index (κ2) is 1.72. The average molecular weight is 141 g/mol. The van der Waals surface area contributed by atoms with E-state index >= 15 is 0 Å². The van der Waals surface area contributed by atoms with Crippen molar-refractivity contribution in [3.63, 3.8) is 0 Å². The lowest BCUT2D eigenvalue weighted by Crippen LogP contribution is -2.49. The fourth-order valence-electron chi connectivity index (χ4n) is 1.58. The monoisotopic (exact) mass is 141 g/mol. The van der Waals surface area contributed by atoms with E-state index in [1.807, 2.05) is 7.05 Å². The van der Waals surface area contributed by atoms with Gasteiger partial charge in [-0.05, 0) is 19.3 Å². The zero-order valence-corrected chi connectivity index (χ0v) is 6.09. The van der Waals surface area contributed by atoms with Gasteiger partial charge in [-0.1, -0.05) is 0 Å². The maximum atomic E-state index is 11.0. The minimum absolute atomic E-state index is 0.125. The highest BCUT2D eigenvalue weighted by Gasteiger charge is 2.48. The fourth-order valence-corrected chi connectivity index (χ4v) is 1.58. The van der Waals surface area contributed by atoms with Crippen LogP contribution in [0, 0.1) is 0 Å². The van der Waals surface area contributed by atoms with Gasteiger partial charge in [-0.25, -0.2) is 0 Å². The molecule has 0 radical (unpaired) electrons. The molecule has 1 spiro atoms. The zero-order chi connectivity index (χ0) is 7.19. The summed E-state index contributed by atoms with van der Waals surface area (Å²) in [5.41, 5.74) is -0.170. The summed E-state index contributed by atoms with van der Waals surface area (Å²) >= 11 is 0. The Morgan fingerprint density at radius 3 is 2.50 bits per heavy atom. The topological polar surface area (TPSA) is 29.5 Å². The molecule has 1 heterocycles. The molecule has 56 valence electrons. The van der Waals surface area contributed by atoms with Gasteiger partial charge in [0.05, 0.1) is 0 Å². The van der Waals surface area contributed by atoms with Gasteiger partial charge in [-0.3, -0.25) is 4.79 Å². The Morgan fingerprint density at radius 2 is 2.30 bits per heavy atom. The number of carbonyl (C=O) groups is 1. The van der Waals surface area contributed by atoms with Gasteiger partial charge in [0.25, 0.3) is 5.91 Å². The molecule has 1 amide bonds. The second-order valence-corrected chi connectivity index (χ2v) is 3.04. The lowest BCUT2D eigenvalue weighted by atomic mass is 9.87. The summed E-state index contributed by atoms with van der Waals surface area (Å²) in [5, 5.41) is 0. The summed E-state index contributed by atoms with van der Waals surface area (Å²) in [7, 11) is 1.83. The molecule has 1 aliphatic heterocycles. The summed E-state index contributed by atoms with van der Waals surface area (Å²) in [4.78, 5) is 12.7. The highest BCUT2D eigenvalue weighted by atomic mass is 16.5. The first-order chi connectivity index (χ1) is 4.75. The number of hydrogen-bond donors (Lipinski definition) is 0. The van der Waals surface area contributed by atoms with Gasteiger partial charge < -0.3 is 9.64 Å². The van der Waals surface area contributed by atoms with E-state index < -0.39 is 0 Å². The molecular formula is C7H11NO2. The van der Waals surface area contributed by atoms with Crippen LogP contribution in [0.15, 0.2) is 0 Å². The van der Waals surface area contributed by atoms with Crippen LogP contribution >= 0.6 is 0 Å². The van der Waals surface area contributed by atoms with E-state index in [4.69, 9.17) is 4.74 Å². The van der Waals surface area contributed by atoms with Gasteiger partial charge in [-0.2, -0.15) is 0 Å². The minimum atomic E-state index is -0.170.